The smallest absolute Gasteiger partial charge is 0.417 e. The van der Waals surface area contributed by atoms with Gasteiger partial charge in [0, 0.05) is 31.9 Å². The van der Waals surface area contributed by atoms with Crippen molar-refractivity contribution in [3.63, 3.8) is 0 Å². The molecule has 1 heterocycles. The van der Waals surface area contributed by atoms with Crippen LogP contribution in [0.25, 0.3) is 0 Å². The lowest BCUT2D eigenvalue weighted by Crippen LogP contribution is -2.47. The van der Waals surface area contributed by atoms with Crippen LogP contribution in [0.2, 0.25) is 0 Å². The molecule has 38 heavy (non-hydrogen) atoms. The van der Waals surface area contributed by atoms with Crippen molar-refractivity contribution in [2.75, 3.05) is 32.6 Å². The number of amides is 2. The quantitative estimate of drug-likeness (QED) is 0.400. The number of methoxy groups -OCH3 is 1. The maximum atomic E-state index is 13.5. The summed E-state index contributed by atoms with van der Waals surface area (Å²) in [7, 11) is 3.01. The van der Waals surface area contributed by atoms with Crippen LogP contribution in [-0.4, -0.2) is 54.9 Å². The number of hydrogen-bond acceptors (Lipinski definition) is 4. The second-order valence-corrected chi connectivity index (χ2v) is 9.03. The number of halogens is 4. The Labute approximate surface area is 217 Å². The van der Waals surface area contributed by atoms with Crippen LogP contribution in [0.15, 0.2) is 66.7 Å². The van der Waals surface area contributed by atoms with Crippen LogP contribution in [-0.2, 0) is 6.18 Å². The van der Waals surface area contributed by atoms with Crippen molar-refractivity contribution in [2.24, 2.45) is 0 Å². The van der Waals surface area contributed by atoms with E-state index < -0.39 is 29.0 Å². The molecule has 10 heteroatoms. The van der Waals surface area contributed by atoms with Crippen LogP contribution in [0.5, 0.6) is 5.75 Å². The minimum atomic E-state index is -4.86. The Morgan fingerprint density at radius 1 is 0.974 bits per heavy atom. The molecule has 1 N–H and O–H groups in total. The zero-order chi connectivity index (χ0) is 27.4. The van der Waals surface area contributed by atoms with E-state index in [0.717, 1.165) is 17.8 Å². The average Bonchev–Trinajstić information content (AvgIpc) is 2.92. The molecule has 0 atom stereocenters. The lowest BCUT2D eigenvalue weighted by atomic mass is 9.99. The number of carbonyl (C=O) groups excluding carboxylic acids is 2. The fraction of sp³-hybridized carbons (Fsp3) is 0.286. The number of rotatable bonds is 6. The largest absolute Gasteiger partial charge is 0.497 e. The summed E-state index contributed by atoms with van der Waals surface area (Å²) in [4.78, 5) is 29.2. The molecule has 0 aliphatic carbocycles. The van der Waals surface area contributed by atoms with Gasteiger partial charge in [-0.15, -0.1) is 0 Å². The number of ether oxygens (including phenoxy) is 1. The van der Waals surface area contributed by atoms with E-state index in [4.69, 9.17) is 4.74 Å². The van der Waals surface area contributed by atoms with Gasteiger partial charge in [0.1, 0.15) is 11.6 Å². The Bertz CT molecular complexity index is 1300. The molecule has 3 aromatic rings. The van der Waals surface area contributed by atoms with Gasteiger partial charge >= 0.3 is 6.18 Å². The van der Waals surface area contributed by atoms with Gasteiger partial charge in [-0.3, -0.25) is 9.59 Å². The van der Waals surface area contributed by atoms with E-state index >= 15 is 0 Å². The minimum absolute atomic E-state index is 0.188. The maximum absolute atomic E-state index is 13.5. The molecule has 6 nitrogen and oxygen atoms in total. The standard InChI is InChI=1S/C28H27F4N3O3/c1-34(26(36)22-12-7-18(29)17-24(22)28(30,31)32)20-13-15-35(16-14-20)27(37)23-5-3-4-6-25(23)33-19-8-10-21(38-2)11-9-19/h3-12,17,20,33H,13-16H2,1-2H3. The molecule has 2 amide bonds. The highest BCUT2D eigenvalue weighted by molar-refractivity contribution is 6.00. The van der Waals surface area contributed by atoms with Crippen LogP contribution in [0.3, 0.4) is 0 Å². The Morgan fingerprint density at radius 2 is 1.63 bits per heavy atom. The van der Waals surface area contributed by atoms with Crippen molar-refractivity contribution >= 4 is 23.2 Å². The molecular formula is C28H27F4N3O3. The summed E-state index contributed by atoms with van der Waals surface area (Å²) in [6.07, 6.45) is -4.08. The third kappa shape index (κ3) is 5.90. The second-order valence-electron chi connectivity index (χ2n) is 9.03. The van der Waals surface area contributed by atoms with Crippen molar-refractivity contribution in [1.29, 1.82) is 0 Å². The third-order valence-corrected chi connectivity index (χ3v) is 6.66. The minimum Gasteiger partial charge on any atom is -0.497 e. The molecule has 0 aromatic heterocycles. The zero-order valence-electron chi connectivity index (χ0n) is 20.9. The third-order valence-electron chi connectivity index (χ3n) is 6.66. The van der Waals surface area contributed by atoms with Crippen molar-refractivity contribution in [2.45, 2.75) is 25.1 Å². The normalized spacial score (nSPS) is 14.2. The molecule has 1 saturated heterocycles. The molecule has 4 rings (SSSR count). The monoisotopic (exact) mass is 529 g/mol. The number of nitrogens with one attached hydrogen (secondary N) is 1. The van der Waals surface area contributed by atoms with Crippen LogP contribution in [0.1, 0.15) is 39.1 Å². The summed E-state index contributed by atoms with van der Waals surface area (Å²) in [5.41, 5.74) is -0.00862. The number of nitrogens with zero attached hydrogens (tertiary/aromatic N) is 2. The highest BCUT2D eigenvalue weighted by Gasteiger charge is 2.37. The van der Waals surface area contributed by atoms with E-state index in [-0.39, 0.29) is 11.9 Å². The molecular weight excluding hydrogens is 502 g/mol. The fourth-order valence-corrected chi connectivity index (χ4v) is 4.53. The number of para-hydroxylation sites is 1. The fourth-order valence-electron chi connectivity index (χ4n) is 4.53. The number of benzene rings is 3. The lowest BCUT2D eigenvalue weighted by molar-refractivity contribution is -0.138. The summed E-state index contributed by atoms with van der Waals surface area (Å²) in [5.74, 6) is -1.38. The number of piperidine rings is 1. The van der Waals surface area contributed by atoms with Gasteiger partial charge in [0.15, 0.2) is 0 Å². The topological polar surface area (TPSA) is 61.9 Å². The van der Waals surface area contributed by atoms with Gasteiger partial charge < -0.3 is 19.9 Å². The Morgan fingerprint density at radius 3 is 2.26 bits per heavy atom. The molecule has 1 fully saturated rings. The Balaban J connectivity index is 1.43. The first kappa shape index (κ1) is 27.0. The number of anilines is 2. The van der Waals surface area contributed by atoms with Crippen LogP contribution in [0, 0.1) is 5.82 Å². The number of alkyl halides is 3. The molecule has 0 unspecified atom stereocenters. The van der Waals surface area contributed by atoms with E-state index in [9.17, 15) is 27.2 Å². The first-order valence-electron chi connectivity index (χ1n) is 12.0. The van der Waals surface area contributed by atoms with Crippen molar-refractivity contribution in [1.82, 2.24) is 9.80 Å². The summed E-state index contributed by atoms with van der Waals surface area (Å²) in [6.45, 7) is 0.654. The summed E-state index contributed by atoms with van der Waals surface area (Å²) >= 11 is 0. The molecule has 0 bridgehead atoms. The highest BCUT2D eigenvalue weighted by atomic mass is 19.4. The maximum Gasteiger partial charge on any atom is 0.417 e. The second kappa shape index (κ2) is 11.1. The van der Waals surface area contributed by atoms with Gasteiger partial charge in [0.05, 0.1) is 29.5 Å². The summed E-state index contributed by atoms with van der Waals surface area (Å²) in [6, 6.07) is 16.1. The molecule has 0 saturated carbocycles. The van der Waals surface area contributed by atoms with E-state index in [1.165, 1.54) is 11.9 Å². The van der Waals surface area contributed by atoms with E-state index in [1.807, 2.05) is 18.2 Å². The van der Waals surface area contributed by atoms with Gasteiger partial charge in [0.25, 0.3) is 11.8 Å². The summed E-state index contributed by atoms with van der Waals surface area (Å²) < 4.78 is 58.9. The lowest BCUT2D eigenvalue weighted by Gasteiger charge is -2.37. The molecule has 200 valence electrons. The molecule has 0 radical (unpaired) electrons. The van der Waals surface area contributed by atoms with E-state index in [1.54, 1.807) is 42.3 Å². The van der Waals surface area contributed by atoms with Gasteiger partial charge in [-0.05, 0) is 67.4 Å². The molecule has 1 aliphatic heterocycles. The van der Waals surface area contributed by atoms with Crippen molar-refractivity contribution in [3.8, 4) is 5.75 Å². The number of likely N-dealkylation sites (tertiary alicyclic amines) is 1. The van der Waals surface area contributed by atoms with Gasteiger partial charge in [-0.1, -0.05) is 12.1 Å². The van der Waals surface area contributed by atoms with Crippen molar-refractivity contribution < 1.29 is 31.9 Å². The Hall–Kier alpha value is -4.08. The SMILES string of the molecule is COc1ccc(Nc2ccccc2C(=O)N2CCC(N(C)C(=O)c3ccc(F)cc3C(F)(F)F)CC2)cc1. The molecule has 0 spiro atoms. The first-order valence-corrected chi connectivity index (χ1v) is 12.0. The van der Waals surface area contributed by atoms with Crippen molar-refractivity contribution in [3.05, 3.63) is 89.2 Å². The number of carbonyl (C=O) groups is 2. The molecule has 1 aliphatic rings. The predicted molar refractivity (Wildman–Crippen MR) is 135 cm³/mol. The van der Waals surface area contributed by atoms with Crippen LogP contribution < -0.4 is 10.1 Å². The highest BCUT2D eigenvalue weighted by Crippen LogP contribution is 2.34. The van der Waals surface area contributed by atoms with Gasteiger partial charge in [-0.25, -0.2) is 4.39 Å². The first-order chi connectivity index (χ1) is 18.1. The molecule has 3 aromatic carbocycles. The average molecular weight is 530 g/mol. The zero-order valence-corrected chi connectivity index (χ0v) is 20.9. The van der Waals surface area contributed by atoms with E-state index in [0.29, 0.717) is 49.0 Å². The predicted octanol–water partition coefficient (Wildman–Crippen LogP) is 5.97. The van der Waals surface area contributed by atoms with Crippen LogP contribution >= 0.6 is 0 Å². The Kier molecular flexibility index (Phi) is 7.89. The van der Waals surface area contributed by atoms with E-state index in [2.05, 4.69) is 5.32 Å². The van der Waals surface area contributed by atoms with Crippen LogP contribution in [0.4, 0.5) is 28.9 Å². The number of hydrogen-bond donors (Lipinski definition) is 1. The van der Waals surface area contributed by atoms with Gasteiger partial charge in [0.2, 0.25) is 0 Å². The van der Waals surface area contributed by atoms with Gasteiger partial charge in [-0.2, -0.15) is 13.2 Å². The summed E-state index contributed by atoms with van der Waals surface area (Å²) in [5, 5.41) is 3.25.